The second-order valence-corrected chi connectivity index (χ2v) is 6.38. The second kappa shape index (κ2) is 6.94. The second-order valence-electron chi connectivity index (χ2n) is 6.38. The maximum absolute atomic E-state index is 12.1. The van der Waals surface area contributed by atoms with E-state index in [2.05, 4.69) is 15.3 Å². The molecule has 0 aliphatic heterocycles. The van der Waals surface area contributed by atoms with Gasteiger partial charge in [0, 0.05) is 18.5 Å². The molecule has 23 heavy (non-hydrogen) atoms. The summed E-state index contributed by atoms with van der Waals surface area (Å²) in [4.78, 5) is 21.1. The zero-order chi connectivity index (χ0) is 16.2. The highest BCUT2D eigenvalue weighted by molar-refractivity contribution is 5.84. The molecule has 5 nitrogen and oxygen atoms in total. The van der Waals surface area contributed by atoms with Crippen molar-refractivity contribution in [1.29, 1.82) is 0 Å². The molecular weight excluding hydrogens is 288 g/mol. The van der Waals surface area contributed by atoms with Crippen molar-refractivity contribution in [3.05, 3.63) is 36.4 Å². The monoisotopic (exact) mass is 312 g/mol. The van der Waals surface area contributed by atoms with E-state index in [0.29, 0.717) is 11.7 Å². The molecular formula is C18H24N4O. The quantitative estimate of drug-likeness (QED) is 0.917. The summed E-state index contributed by atoms with van der Waals surface area (Å²) in [5, 5.41) is 3.38. The Morgan fingerprint density at radius 3 is 2.57 bits per heavy atom. The van der Waals surface area contributed by atoms with Gasteiger partial charge in [-0.2, -0.15) is 0 Å². The standard InChI is InChI=1S/C18H24N4O/c1-13(23)18(15-8-4-3-5-9-15)21-16-12-17(20-14(2)19-16)22-10-6-7-11-22/h6-7,10-12,15,18H,3-5,8-9H2,1-2H3,(H,19,20,21)/t18-/m0/s1. The molecule has 0 unspecified atom stereocenters. The maximum Gasteiger partial charge on any atom is 0.152 e. The highest BCUT2D eigenvalue weighted by Gasteiger charge is 2.27. The molecule has 0 aromatic carbocycles. The van der Waals surface area contributed by atoms with E-state index in [1.165, 1.54) is 19.3 Å². The Labute approximate surface area is 137 Å². The van der Waals surface area contributed by atoms with Gasteiger partial charge in [0.05, 0.1) is 6.04 Å². The average molecular weight is 312 g/mol. The summed E-state index contributed by atoms with van der Waals surface area (Å²) in [6.45, 7) is 3.55. The largest absolute Gasteiger partial charge is 0.360 e. The summed E-state index contributed by atoms with van der Waals surface area (Å²) in [5.41, 5.74) is 0. The number of carbonyl (C=O) groups is 1. The fraction of sp³-hybridized carbons (Fsp3) is 0.500. The van der Waals surface area contributed by atoms with Gasteiger partial charge in [-0.3, -0.25) is 4.79 Å². The molecule has 122 valence electrons. The van der Waals surface area contributed by atoms with Gasteiger partial charge in [0.25, 0.3) is 0 Å². The van der Waals surface area contributed by atoms with Crippen LogP contribution in [0.5, 0.6) is 0 Å². The van der Waals surface area contributed by atoms with E-state index >= 15 is 0 Å². The number of aromatic nitrogens is 3. The number of carbonyl (C=O) groups excluding carboxylic acids is 1. The summed E-state index contributed by atoms with van der Waals surface area (Å²) in [6.07, 6.45) is 9.86. The highest BCUT2D eigenvalue weighted by atomic mass is 16.1. The molecule has 1 atom stereocenters. The van der Waals surface area contributed by atoms with Crippen LogP contribution in [0.3, 0.4) is 0 Å². The normalized spacial score (nSPS) is 17.0. The Hall–Kier alpha value is -2.17. The molecule has 0 amide bonds. The minimum Gasteiger partial charge on any atom is -0.360 e. The van der Waals surface area contributed by atoms with Crippen LogP contribution in [0.4, 0.5) is 5.82 Å². The lowest BCUT2D eigenvalue weighted by molar-refractivity contribution is -0.119. The van der Waals surface area contributed by atoms with Gasteiger partial charge in [-0.1, -0.05) is 19.3 Å². The molecule has 0 spiro atoms. The number of hydrogen-bond donors (Lipinski definition) is 1. The van der Waals surface area contributed by atoms with Gasteiger partial charge in [-0.25, -0.2) is 9.97 Å². The zero-order valence-corrected chi connectivity index (χ0v) is 13.8. The summed E-state index contributed by atoms with van der Waals surface area (Å²) >= 11 is 0. The third-order valence-electron chi connectivity index (χ3n) is 4.56. The van der Waals surface area contributed by atoms with Crippen LogP contribution < -0.4 is 5.32 Å². The van der Waals surface area contributed by atoms with E-state index in [1.807, 2.05) is 42.1 Å². The summed E-state index contributed by atoms with van der Waals surface area (Å²) < 4.78 is 1.95. The lowest BCUT2D eigenvalue weighted by atomic mass is 9.82. The fourth-order valence-electron chi connectivity index (χ4n) is 3.42. The Morgan fingerprint density at radius 1 is 1.22 bits per heavy atom. The van der Waals surface area contributed by atoms with Crippen LogP contribution >= 0.6 is 0 Å². The number of Topliss-reactive ketones (excluding diaryl/α,β-unsaturated/α-hetero) is 1. The first-order valence-corrected chi connectivity index (χ1v) is 8.39. The average Bonchev–Trinajstić information content (AvgIpc) is 3.07. The van der Waals surface area contributed by atoms with Crippen molar-refractivity contribution in [2.45, 2.75) is 52.0 Å². The van der Waals surface area contributed by atoms with Crippen LogP contribution in [0, 0.1) is 12.8 Å². The number of anilines is 1. The number of aryl methyl sites for hydroxylation is 1. The van der Waals surface area contributed by atoms with Gasteiger partial charge in [-0.15, -0.1) is 0 Å². The van der Waals surface area contributed by atoms with Crippen LogP contribution in [0.1, 0.15) is 44.9 Å². The van der Waals surface area contributed by atoms with E-state index in [4.69, 9.17) is 0 Å². The Balaban J connectivity index is 1.83. The van der Waals surface area contributed by atoms with E-state index in [1.54, 1.807) is 6.92 Å². The van der Waals surface area contributed by atoms with E-state index in [0.717, 1.165) is 24.5 Å². The summed E-state index contributed by atoms with van der Waals surface area (Å²) in [5.74, 6) is 2.84. The Morgan fingerprint density at radius 2 is 1.91 bits per heavy atom. The maximum atomic E-state index is 12.1. The third kappa shape index (κ3) is 3.78. The van der Waals surface area contributed by atoms with Crippen LogP contribution in [-0.2, 0) is 4.79 Å². The van der Waals surface area contributed by atoms with Gasteiger partial charge in [0.1, 0.15) is 17.5 Å². The first kappa shape index (κ1) is 15.7. The Kier molecular flexibility index (Phi) is 4.74. The summed E-state index contributed by atoms with van der Waals surface area (Å²) in [7, 11) is 0. The fourth-order valence-corrected chi connectivity index (χ4v) is 3.42. The van der Waals surface area contributed by atoms with E-state index < -0.39 is 0 Å². The summed E-state index contributed by atoms with van der Waals surface area (Å²) in [6, 6.07) is 5.68. The van der Waals surface area contributed by atoms with Gasteiger partial charge >= 0.3 is 0 Å². The predicted molar refractivity (Wildman–Crippen MR) is 90.8 cm³/mol. The minimum atomic E-state index is -0.151. The smallest absolute Gasteiger partial charge is 0.152 e. The SMILES string of the molecule is CC(=O)[C@H](Nc1cc(-n2cccc2)nc(C)n1)C1CCCCC1. The number of nitrogens with one attached hydrogen (secondary N) is 1. The van der Waals surface area contributed by atoms with Gasteiger partial charge in [0.2, 0.25) is 0 Å². The predicted octanol–water partition coefficient (Wildman–Crippen LogP) is 3.53. The highest BCUT2D eigenvalue weighted by Crippen LogP contribution is 2.28. The molecule has 0 saturated heterocycles. The van der Waals surface area contributed by atoms with Crippen molar-refractivity contribution in [1.82, 2.24) is 14.5 Å². The molecule has 1 saturated carbocycles. The van der Waals surface area contributed by atoms with Crippen LogP contribution in [0.2, 0.25) is 0 Å². The number of hydrogen-bond acceptors (Lipinski definition) is 4. The molecule has 0 bridgehead atoms. The zero-order valence-electron chi connectivity index (χ0n) is 13.8. The number of rotatable bonds is 5. The topological polar surface area (TPSA) is 59.8 Å². The first-order valence-electron chi connectivity index (χ1n) is 8.39. The van der Waals surface area contributed by atoms with Crippen LogP contribution in [0.25, 0.3) is 5.82 Å². The van der Waals surface area contributed by atoms with Gasteiger partial charge < -0.3 is 9.88 Å². The molecule has 3 rings (SSSR count). The molecule has 1 fully saturated rings. The van der Waals surface area contributed by atoms with Gasteiger partial charge in [0.15, 0.2) is 5.78 Å². The minimum absolute atomic E-state index is 0.151. The number of nitrogens with zero attached hydrogens (tertiary/aromatic N) is 3. The molecule has 5 heteroatoms. The van der Waals surface area contributed by atoms with Crippen molar-refractivity contribution in [3.63, 3.8) is 0 Å². The third-order valence-corrected chi connectivity index (χ3v) is 4.56. The van der Waals surface area contributed by atoms with Crippen molar-refractivity contribution in [2.24, 2.45) is 5.92 Å². The lowest BCUT2D eigenvalue weighted by Gasteiger charge is -2.29. The van der Waals surface area contributed by atoms with Gasteiger partial charge in [-0.05, 0) is 44.7 Å². The molecule has 2 aromatic heterocycles. The van der Waals surface area contributed by atoms with Crippen molar-refractivity contribution >= 4 is 11.6 Å². The van der Waals surface area contributed by atoms with E-state index in [9.17, 15) is 4.79 Å². The molecule has 2 heterocycles. The molecule has 1 aliphatic carbocycles. The lowest BCUT2D eigenvalue weighted by Crippen LogP contribution is -2.37. The molecule has 2 aromatic rings. The van der Waals surface area contributed by atoms with Crippen LogP contribution in [0.15, 0.2) is 30.6 Å². The number of ketones is 1. The van der Waals surface area contributed by atoms with Crippen LogP contribution in [-0.4, -0.2) is 26.4 Å². The first-order chi connectivity index (χ1) is 11.1. The van der Waals surface area contributed by atoms with E-state index in [-0.39, 0.29) is 11.8 Å². The van der Waals surface area contributed by atoms with Crippen molar-refractivity contribution in [2.75, 3.05) is 5.32 Å². The molecule has 0 radical (unpaired) electrons. The molecule has 1 N–H and O–H groups in total. The van der Waals surface area contributed by atoms with Crippen molar-refractivity contribution < 1.29 is 4.79 Å². The Bertz CT molecular complexity index is 660. The van der Waals surface area contributed by atoms with Crippen molar-refractivity contribution in [3.8, 4) is 5.82 Å². The molecule has 1 aliphatic rings.